The van der Waals surface area contributed by atoms with E-state index in [0.717, 1.165) is 10.8 Å². The van der Waals surface area contributed by atoms with Gasteiger partial charge in [-0.1, -0.05) is 0 Å². The number of nitrogens with one attached hydrogen (secondary N) is 2. The van der Waals surface area contributed by atoms with E-state index in [1.165, 1.54) is 7.05 Å². The van der Waals surface area contributed by atoms with Gasteiger partial charge in [-0.25, -0.2) is 4.79 Å². The van der Waals surface area contributed by atoms with Crippen molar-refractivity contribution >= 4 is 17.6 Å². The van der Waals surface area contributed by atoms with Crippen LogP contribution in [-0.4, -0.2) is 43.7 Å². The quantitative estimate of drug-likeness (QED) is 0.718. The van der Waals surface area contributed by atoms with Crippen molar-refractivity contribution in [3.05, 3.63) is 44.9 Å². The molecular weight excluding hydrogens is 328 g/mol. The fourth-order valence-electron chi connectivity index (χ4n) is 2.83. The van der Waals surface area contributed by atoms with Crippen LogP contribution in [0.5, 0.6) is 0 Å². The van der Waals surface area contributed by atoms with E-state index in [9.17, 15) is 19.2 Å². The highest BCUT2D eigenvalue weighted by Gasteiger charge is 2.32. The molecule has 2 aromatic rings. The fraction of sp³-hybridized carbons (Fsp3) is 0.400. The minimum Gasteiger partial charge on any atom is -0.340 e. The molecule has 0 radical (unpaired) electrons. The van der Waals surface area contributed by atoms with Crippen molar-refractivity contribution in [2.24, 2.45) is 14.1 Å². The number of rotatable bonds is 3. The molecule has 3 heterocycles. The summed E-state index contributed by atoms with van der Waals surface area (Å²) in [7, 11) is 3.15. The lowest BCUT2D eigenvalue weighted by Crippen LogP contribution is -2.53. The molecule has 1 unspecified atom stereocenters. The van der Waals surface area contributed by atoms with Gasteiger partial charge >= 0.3 is 5.69 Å². The van der Waals surface area contributed by atoms with Crippen molar-refractivity contribution in [1.82, 2.24) is 24.6 Å². The van der Waals surface area contributed by atoms with Crippen LogP contribution in [0.15, 0.2) is 28.0 Å². The molecule has 132 valence electrons. The van der Waals surface area contributed by atoms with Crippen molar-refractivity contribution < 1.29 is 9.59 Å². The minimum absolute atomic E-state index is 0.215. The fourth-order valence-corrected chi connectivity index (χ4v) is 2.83. The van der Waals surface area contributed by atoms with E-state index < -0.39 is 23.2 Å². The number of hydrogen-bond donors (Lipinski definition) is 2. The van der Waals surface area contributed by atoms with Gasteiger partial charge in [-0.05, 0) is 12.8 Å². The first kappa shape index (κ1) is 16.7. The average Bonchev–Trinajstić information content (AvgIpc) is 2.98. The molecule has 1 aliphatic heterocycles. The normalized spacial score (nSPS) is 17.6. The molecule has 25 heavy (non-hydrogen) atoms. The highest BCUT2D eigenvalue weighted by Crippen LogP contribution is 2.20. The first-order valence-electron chi connectivity index (χ1n) is 7.78. The van der Waals surface area contributed by atoms with E-state index in [2.05, 4.69) is 15.4 Å². The Morgan fingerprint density at radius 3 is 2.76 bits per heavy atom. The lowest BCUT2D eigenvalue weighted by Gasteiger charge is -2.32. The maximum atomic E-state index is 12.7. The molecule has 2 amide bonds. The number of aryl methyl sites for hydroxylation is 2. The Hall–Kier alpha value is -3.17. The average molecular weight is 346 g/mol. The molecule has 1 aliphatic rings. The summed E-state index contributed by atoms with van der Waals surface area (Å²) in [5.41, 5.74) is -1.61. The van der Waals surface area contributed by atoms with Crippen molar-refractivity contribution in [2.75, 3.05) is 11.4 Å². The molecule has 1 saturated heterocycles. The third-order valence-electron chi connectivity index (χ3n) is 4.17. The number of anilines is 1. The number of hydrogen-bond acceptors (Lipinski definition) is 5. The molecule has 10 nitrogen and oxygen atoms in total. The number of nitrogens with zero attached hydrogens (tertiary/aromatic N) is 4. The number of aromatic nitrogens is 4. The van der Waals surface area contributed by atoms with Gasteiger partial charge in [0.05, 0.1) is 6.20 Å². The summed E-state index contributed by atoms with van der Waals surface area (Å²) in [6, 6.07) is 0.979. The van der Waals surface area contributed by atoms with Crippen LogP contribution in [0.4, 0.5) is 5.82 Å². The minimum atomic E-state index is -0.785. The van der Waals surface area contributed by atoms with Gasteiger partial charge in [0.1, 0.15) is 17.4 Å². The number of amides is 2. The van der Waals surface area contributed by atoms with Gasteiger partial charge in [0.15, 0.2) is 0 Å². The van der Waals surface area contributed by atoms with Crippen molar-refractivity contribution in [3.8, 4) is 0 Å². The Kier molecular flexibility index (Phi) is 4.26. The molecule has 10 heteroatoms. The topological polar surface area (TPSA) is 122 Å². The summed E-state index contributed by atoms with van der Waals surface area (Å²) < 4.78 is 2.68. The molecule has 0 aromatic carbocycles. The summed E-state index contributed by atoms with van der Waals surface area (Å²) in [6.45, 7) is 0.533. The van der Waals surface area contributed by atoms with E-state index in [-0.39, 0.29) is 11.5 Å². The Morgan fingerprint density at radius 1 is 1.32 bits per heavy atom. The zero-order valence-corrected chi connectivity index (χ0v) is 13.9. The molecule has 1 fully saturated rings. The number of piperidine rings is 1. The Morgan fingerprint density at radius 2 is 2.08 bits per heavy atom. The molecule has 0 saturated carbocycles. The molecule has 0 aliphatic carbocycles. The van der Waals surface area contributed by atoms with E-state index in [4.69, 9.17) is 0 Å². The maximum absolute atomic E-state index is 12.7. The summed E-state index contributed by atoms with van der Waals surface area (Å²) >= 11 is 0. The number of H-pyrrole nitrogens is 1. The van der Waals surface area contributed by atoms with Gasteiger partial charge in [0.25, 0.3) is 17.4 Å². The lowest BCUT2D eigenvalue weighted by atomic mass is 10.0. The predicted molar refractivity (Wildman–Crippen MR) is 88.4 cm³/mol. The number of carbonyl (C=O) groups is 2. The van der Waals surface area contributed by atoms with Crippen LogP contribution in [0, 0.1) is 0 Å². The number of carbonyl (C=O) groups excluding carboxylic acids is 2. The van der Waals surface area contributed by atoms with Gasteiger partial charge < -0.3 is 9.88 Å². The molecule has 2 N–H and O–H groups in total. The molecule has 2 aromatic heterocycles. The van der Waals surface area contributed by atoms with Crippen LogP contribution < -0.4 is 21.5 Å². The molecule has 3 rings (SSSR count). The van der Waals surface area contributed by atoms with E-state index in [1.807, 2.05) is 0 Å². The van der Waals surface area contributed by atoms with Gasteiger partial charge in [0, 0.05) is 32.9 Å². The van der Waals surface area contributed by atoms with Gasteiger partial charge in [-0.15, -0.1) is 0 Å². The summed E-state index contributed by atoms with van der Waals surface area (Å²) in [5.74, 6) is -0.310. The lowest BCUT2D eigenvalue weighted by molar-refractivity contribution is -0.121. The second-order valence-electron chi connectivity index (χ2n) is 5.88. The van der Waals surface area contributed by atoms with Crippen LogP contribution in [0.3, 0.4) is 0 Å². The highest BCUT2D eigenvalue weighted by atomic mass is 16.2. The third-order valence-corrected chi connectivity index (χ3v) is 4.17. The van der Waals surface area contributed by atoms with Crippen molar-refractivity contribution in [1.29, 1.82) is 0 Å². The third kappa shape index (κ3) is 3.10. The van der Waals surface area contributed by atoms with Crippen LogP contribution in [0.2, 0.25) is 0 Å². The first-order valence-corrected chi connectivity index (χ1v) is 7.78. The molecule has 0 spiro atoms. The van der Waals surface area contributed by atoms with Crippen LogP contribution in [0.25, 0.3) is 0 Å². The van der Waals surface area contributed by atoms with E-state index in [0.29, 0.717) is 25.2 Å². The van der Waals surface area contributed by atoms with E-state index >= 15 is 0 Å². The Balaban J connectivity index is 1.81. The summed E-state index contributed by atoms with van der Waals surface area (Å²) in [6.07, 6.45) is 3.92. The smallest absolute Gasteiger partial charge is 0.328 e. The van der Waals surface area contributed by atoms with Gasteiger partial charge in [-0.2, -0.15) is 5.10 Å². The maximum Gasteiger partial charge on any atom is 0.328 e. The molecule has 0 bridgehead atoms. The largest absolute Gasteiger partial charge is 0.340 e. The zero-order chi connectivity index (χ0) is 18.1. The van der Waals surface area contributed by atoms with Crippen molar-refractivity contribution in [2.45, 2.75) is 18.9 Å². The summed E-state index contributed by atoms with van der Waals surface area (Å²) in [5, 5.41) is 6.64. The van der Waals surface area contributed by atoms with E-state index in [1.54, 1.807) is 28.9 Å². The standard InChI is InChI=1S/C15H18N6O4/c1-19-8-9(13(23)18-15(19)25)12(22)17-10-4-3-7-21(14(10)24)11-5-6-16-20(11)2/h5-6,8,10H,3-4,7H2,1-2H3,(H,17,22)(H,18,23,25). The van der Waals surface area contributed by atoms with Crippen LogP contribution in [-0.2, 0) is 18.9 Å². The zero-order valence-electron chi connectivity index (χ0n) is 13.9. The van der Waals surface area contributed by atoms with Gasteiger partial charge in [0.2, 0.25) is 0 Å². The Labute approximate surface area is 142 Å². The monoisotopic (exact) mass is 346 g/mol. The predicted octanol–water partition coefficient (Wildman–Crippen LogP) is -1.27. The first-order chi connectivity index (χ1) is 11.9. The molecule has 1 atom stereocenters. The SMILES string of the molecule is Cn1nccc1N1CCCC(NC(=O)c2cn(C)c(=O)[nH]c2=O)C1=O. The van der Waals surface area contributed by atoms with Crippen molar-refractivity contribution in [3.63, 3.8) is 0 Å². The second-order valence-corrected chi connectivity index (χ2v) is 5.88. The van der Waals surface area contributed by atoms with Crippen LogP contribution >= 0.6 is 0 Å². The van der Waals surface area contributed by atoms with Gasteiger partial charge in [-0.3, -0.25) is 28.9 Å². The second kappa shape index (κ2) is 6.38. The highest BCUT2D eigenvalue weighted by molar-refractivity contribution is 6.02. The molecular formula is C15H18N6O4. The number of aromatic amines is 1. The Bertz CT molecular complexity index is 940. The summed E-state index contributed by atoms with van der Waals surface area (Å²) in [4.78, 5) is 51.9. The van der Waals surface area contributed by atoms with Crippen LogP contribution in [0.1, 0.15) is 23.2 Å².